The second kappa shape index (κ2) is 4.80. The van der Waals surface area contributed by atoms with Gasteiger partial charge >= 0.3 is 0 Å². The maximum Gasteiger partial charge on any atom is 0.155 e. The summed E-state index contributed by atoms with van der Waals surface area (Å²) in [7, 11) is -3.20. The zero-order chi connectivity index (χ0) is 14.3. The Morgan fingerprint density at radius 1 is 1.42 bits per heavy atom. The predicted molar refractivity (Wildman–Crippen MR) is 76.2 cm³/mol. The minimum Gasteiger partial charge on any atom is -0.489 e. The van der Waals surface area contributed by atoms with E-state index in [1.807, 2.05) is 19.1 Å². The number of nitrogens with two attached hydrogens (primary N) is 1. The summed E-state index contributed by atoms with van der Waals surface area (Å²) in [6.07, 6.45) is 0.366. The molecule has 1 atom stereocenters. The molecule has 0 aliphatic carbocycles. The first-order valence-corrected chi connectivity index (χ1v) is 8.22. The number of ether oxygens (including phenoxy) is 1. The van der Waals surface area contributed by atoms with Gasteiger partial charge in [0.15, 0.2) is 9.84 Å². The fourth-order valence-electron chi connectivity index (χ4n) is 2.45. The van der Waals surface area contributed by atoms with E-state index in [2.05, 4.69) is 6.07 Å². The van der Waals surface area contributed by atoms with E-state index >= 15 is 0 Å². The van der Waals surface area contributed by atoms with Crippen LogP contribution < -0.4 is 10.5 Å². The van der Waals surface area contributed by atoms with Gasteiger partial charge in [0.1, 0.15) is 11.9 Å². The average Bonchev–Trinajstić information content (AvgIpc) is 2.53. The maximum atomic E-state index is 12.1. The molecule has 5 heteroatoms. The molecule has 1 aromatic rings. The van der Waals surface area contributed by atoms with Crippen molar-refractivity contribution in [2.45, 2.75) is 38.8 Å². The molecule has 0 aromatic heterocycles. The van der Waals surface area contributed by atoms with E-state index in [0.717, 1.165) is 16.9 Å². The van der Waals surface area contributed by atoms with Gasteiger partial charge in [0.05, 0.1) is 11.5 Å². The van der Waals surface area contributed by atoms with Gasteiger partial charge in [-0.3, -0.25) is 0 Å². The van der Waals surface area contributed by atoms with Gasteiger partial charge in [0.2, 0.25) is 0 Å². The van der Waals surface area contributed by atoms with E-state index < -0.39 is 15.4 Å². The van der Waals surface area contributed by atoms with Crippen LogP contribution in [-0.2, 0) is 16.3 Å². The highest BCUT2D eigenvalue weighted by atomic mass is 32.2. The van der Waals surface area contributed by atoms with Gasteiger partial charge in [-0.2, -0.15) is 0 Å². The molecule has 1 aliphatic heterocycles. The maximum absolute atomic E-state index is 12.1. The molecule has 1 aliphatic rings. The minimum absolute atomic E-state index is 0.0186. The first kappa shape index (κ1) is 14.3. The Morgan fingerprint density at radius 2 is 2.11 bits per heavy atom. The van der Waals surface area contributed by atoms with Crippen LogP contribution in [0.5, 0.6) is 5.75 Å². The van der Waals surface area contributed by atoms with Gasteiger partial charge in [-0.15, -0.1) is 0 Å². The van der Waals surface area contributed by atoms with Crippen molar-refractivity contribution in [3.63, 3.8) is 0 Å². The van der Waals surface area contributed by atoms with Crippen molar-refractivity contribution in [2.75, 3.05) is 11.5 Å². The summed E-state index contributed by atoms with van der Waals surface area (Å²) in [6, 6.07) is 5.93. The van der Waals surface area contributed by atoms with Gasteiger partial charge < -0.3 is 10.5 Å². The van der Waals surface area contributed by atoms with Gasteiger partial charge in [-0.05, 0) is 32.4 Å². The third-order valence-electron chi connectivity index (χ3n) is 2.99. The Hall–Kier alpha value is -1.07. The molecule has 1 unspecified atom stereocenters. The van der Waals surface area contributed by atoms with Gasteiger partial charge in [-0.1, -0.05) is 17.7 Å². The number of hydrogen-bond acceptors (Lipinski definition) is 4. The van der Waals surface area contributed by atoms with Gasteiger partial charge in [0.25, 0.3) is 0 Å². The molecular weight excluding hydrogens is 262 g/mol. The van der Waals surface area contributed by atoms with E-state index in [1.54, 1.807) is 13.8 Å². The zero-order valence-corrected chi connectivity index (χ0v) is 12.5. The van der Waals surface area contributed by atoms with E-state index in [4.69, 9.17) is 10.5 Å². The average molecular weight is 283 g/mol. The van der Waals surface area contributed by atoms with E-state index in [9.17, 15) is 8.42 Å². The molecule has 0 saturated carbocycles. The van der Waals surface area contributed by atoms with Crippen molar-refractivity contribution in [2.24, 2.45) is 5.73 Å². The molecule has 0 spiro atoms. The summed E-state index contributed by atoms with van der Waals surface area (Å²) in [6.45, 7) is 5.46. The predicted octanol–water partition coefficient (Wildman–Crippen LogP) is 1.45. The van der Waals surface area contributed by atoms with Crippen molar-refractivity contribution in [3.05, 3.63) is 29.3 Å². The summed E-state index contributed by atoms with van der Waals surface area (Å²) >= 11 is 0. The van der Waals surface area contributed by atoms with Gasteiger partial charge in [0, 0.05) is 12.0 Å². The van der Waals surface area contributed by atoms with Crippen LogP contribution in [0.2, 0.25) is 0 Å². The molecule has 0 bridgehead atoms. The Morgan fingerprint density at radius 3 is 2.74 bits per heavy atom. The quantitative estimate of drug-likeness (QED) is 0.908. The van der Waals surface area contributed by atoms with Crippen LogP contribution in [0.25, 0.3) is 0 Å². The summed E-state index contributed by atoms with van der Waals surface area (Å²) in [5.41, 5.74) is 7.32. The Labute approximate surface area is 114 Å². The lowest BCUT2D eigenvalue weighted by molar-refractivity contribution is 0.256. The van der Waals surface area contributed by atoms with Crippen LogP contribution in [-0.4, -0.2) is 31.6 Å². The van der Waals surface area contributed by atoms with E-state index in [0.29, 0.717) is 6.42 Å². The van der Waals surface area contributed by atoms with Crippen molar-refractivity contribution < 1.29 is 13.2 Å². The van der Waals surface area contributed by atoms with Crippen molar-refractivity contribution in [1.29, 1.82) is 0 Å². The molecule has 0 amide bonds. The molecule has 1 aromatic carbocycles. The number of aryl methyl sites for hydroxylation is 1. The van der Waals surface area contributed by atoms with Crippen LogP contribution in [0.1, 0.15) is 25.0 Å². The number of sulfone groups is 1. The van der Waals surface area contributed by atoms with Gasteiger partial charge in [-0.25, -0.2) is 8.42 Å². The third kappa shape index (κ3) is 3.94. The molecule has 4 nitrogen and oxygen atoms in total. The smallest absolute Gasteiger partial charge is 0.155 e. The first-order chi connectivity index (χ1) is 8.65. The first-order valence-electron chi connectivity index (χ1n) is 6.40. The molecule has 19 heavy (non-hydrogen) atoms. The topological polar surface area (TPSA) is 69.4 Å². The Balaban J connectivity index is 2.04. The fraction of sp³-hybridized carbons (Fsp3) is 0.571. The van der Waals surface area contributed by atoms with Crippen LogP contribution >= 0.6 is 0 Å². The molecule has 0 fully saturated rings. The highest BCUT2D eigenvalue weighted by Crippen LogP contribution is 2.30. The highest BCUT2D eigenvalue weighted by Gasteiger charge is 2.30. The van der Waals surface area contributed by atoms with Crippen molar-refractivity contribution in [3.8, 4) is 5.75 Å². The fourth-order valence-corrected chi connectivity index (χ4v) is 4.45. The number of benzene rings is 1. The number of fused-ring (bicyclic) bond motifs is 1. The van der Waals surface area contributed by atoms with Crippen LogP contribution in [0, 0.1) is 6.92 Å². The van der Waals surface area contributed by atoms with Crippen LogP contribution in [0.3, 0.4) is 0 Å². The normalized spacial score (nSPS) is 19.1. The molecule has 0 saturated heterocycles. The second-order valence-corrected chi connectivity index (χ2v) is 8.21. The molecule has 1 heterocycles. The molecular formula is C14H21NO3S. The van der Waals surface area contributed by atoms with Crippen molar-refractivity contribution >= 4 is 9.84 Å². The third-order valence-corrected chi connectivity index (χ3v) is 5.05. The lowest BCUT2D eigenvalue weighted by Gasteiger charge is -2.19. The zero-order valence-electron chi connectivity index (χ0n) is 11.6. The summed E-state index contributed by atoms with van der Waals surface area (Å²) in [5.74, 6) is 0.814. The number of hydrogen-bond donors (Lipinski definition) is 1. The minimum atomic E-state index is -3.20. The van der Waals surface area contributed by atoms with Crippen LogP contribution in [0.4, 0.5) is 0 Å². The van der Waals surface area contributed by atoms with E-state index in [1.165, 1.54) is 0 Å². The molecule has 2 rings (SSSR count). The summed E-state index contributed by atoms with van der Waals surface area (Å²) in [5, 5.41) is 0. The summed E-state index contributed by atoms with van der Waals surface area (Å²) in [4.78, 5) is 0. The molecule has 106 valence electrons. The monoisotopic (exact) mass is 283 g/mol. The highest BCUT2D eigenvalue weighted by molar-refractivity contribution is 7.91. The molecule has 2 N–H and O–H groups in total. The van der Waals surface area contributed by atoms with Crippen molar-refractivity contribution in [1.82, 2.24) is 0 Å². The lowest BCUT2D eigenvalue weighted by atomic mass is 10.1. The largest absolute Gasteiger partial charge is 0.489 e. The number of rotatable bonds is 4. The standard InChI is InChI=1S/C14H21NO3S/c1-10-4-5-13-11(6-10)7-12(18-13)8-19(16,17)9-14(2,3)15/h4-6,12H,7-9,15H2,1-3H3. The SMILES string of the molecule is Cc1ccc2c(c1)CC(CS(=O)(=O)CC(C)(C)N)O2. The molecule has 0 radical (unpaired) electrons. The Bertz CT molecular complexity index is 573. The van der Waals surface area contributed by atoms with E-state index in [-0.39, 0.29) is 17.6 Å². The second-order valence-electron chi connectivity index (χ2n) is 6.10. The Kier molecular flexibility index (Phi) is 3.62. The lowest BCUT2D eigenvalue weighted by Crippen LogP contribution is -2.42. The van der Waals surface area contributed by atoms with Crippen LogP contribution in [0.15, 0.2) is 18.2 Å². The summed E-state index contributed by atoms with van der Waals surface area (Å²) < 4.78 is 29.8.